The standard InChI is InChI=1S/C12H15ClN2O2/c1-9-2-4-10(5-3-9)7-14-12(17)8-15-11(16)6-13/h2-5H,6-8H2,1H3,(H,14,17)(H,15,16). The first-order valence-electron chi connectivity index (χ1n) is 5.26. The Kier molecular flexibility index (Phi) is 5.49. The van der Waals surface area contributed by atoms with Gasteiger partial charge in [-0.25, -0.2) is 0 Å². The summed E-state index contributed by atoms with van der Waals surface area (Å²) in [6.07, 6.45) is 0. The lowest BCUT2D eigenvalue weighted by Crippen LogP contribution is -2.37. The van der Waals surface area contributed by atoms with Crippen LogP contribution in [-0.4, -0.2) is 24.2 Å². The van der Waals surface area contributed by atoms with Crippen LogP contribution in [-0.2, 0) is 16.1 Å². The molecule has 17 heavy (non-hydrogen) atoms. The van der Waals surface area contributed by atoms with Gasteiger partial charge >= 0.3 is 0 Å². The van der Waals surface area contributed by atoms with Gasteiger partial charge in [0.2, 0.25) is 11.8 Å². The second-order valence-electron chi connectivity index (χ2n) is 3.67. The number of halogens is 1. The first-order valence-corrected chi connectivity index (χ1v) is 5.80. The van der Waals surface area contributed by atoms with E-state index in [9.17, 15) is 9.59 Å². The molecule has 92 valence electrons. The summed E-state index contributed by atoms with van der Waals surface area (Å²) in [5, 5.41) is 5.10. The van der Waals surface area contributed by atoms with Crippen LogP contribution >= 0.6 is 11.6 Å². The van der Waals surface area contributed by atoms with Crippen molar-refractivity contribution < 1.29 is 9.59 Å². The highest BCUT2D eigenvalue weighted by atomic mass is 35.5. The van der Waals surface area contributed by atoms with Crippen LogP contribution in [0.25, 0.3) is 0 Å². The third kappa shape index (κ3) is 5.36. The SMILES string of the molecule is Cc1ccc(CNC(=O)CNC(=O)CCl)cc1. The molecule has 4 nitrogen and oxygen atoms in total. The number of hydrogen-bond donors (Lipinski definition) is 2. The molecule has 0 saturated carbocycles. The molecule has 0 heterocycles. The molecule has 0 aliphatic carbocycles. The number of carbonyl (C=O) groups excluding carboxylic acids is 2. The molecule has 0 unspecified atom stereocenters. The van der Waals surface area contributed by atoms with E-state index in [4.69, 9.17) is 11.6 Å². The average molecular weight is 255 g/mol. The Morgan fingerprint density at radius 3 is 2.35 bits per heavy atom. The van der Waals surface area contributed by atoms with Gasteiger partial charge in [0.15, 0.2) is 0 Å². The van der Waals surface area contributed by atoms with Crippen molar-refractivity contribution in [2.24, 2.45) is 0 Å². The van der Waals surface area contributed by atoms with Crippen molar-refractivity contribution in [3.63, 3.8) is 0 Å². The van der Waals surface area contributed by atoms with E-state index in [-0.39, 0.29) is 24.2 Å². The number of rotatable bonds is 5. The molecular formula is C12H15ClN2O2. The molecule has 1 rings (SSSR count). The Morgan fingerprint density at radius 1 is 1.12 bits per heavy atom. The van der Waals surface area contributed by atoms with Crippen LogP contribution in [0, 0.1) is 6.92 Å². The van der Waals surface area contributed by atoms with Gasteiger partial charge in [-0.15, -0.1) is 11.6 Å². The monoisotopic (exact) mass is 254 g/mol. The van der Waals surface area contributed by atoms with Crippen LogP contribution in [0.5, 0.6) is 0 Å². The van der Waals surface area contributed by atoms with E-state index in [2.05, 4.69) is 10.6 Å². The van der Waals surface area contributed by atoms with E-state index in [1.807, 2.05) is 31.2 Å². The Hall–Kier alpha value is -1.55. The summed E-state index contributed by atoms with van der Waals surface area (Å²) >= 11 is 5.28. The largest absolute Gasteiger partial charge is 0.350 e. The van der Waals surface area contributed by atoms with Crippen molar-refractivity contribution in [3.8, 4) is 0 Å². The molecule has 0 aromatic heterocycles. The molecule has 1 aromatic carbocycles. The predicted molar refractivity (Wildman–Crippen MR) is 66.8 cm³/mol. The highest BCUT2D eigenvalue weighted by Gasteiger charge is 2.03. The summed E-state index contributed by atoms with van der Waals surface area (Å²) in [4.78, 5) is 22.1. The maximum Gasteiger partial charge on any atom is 0.239 e. The minimum Gasteiger partial charge on any atom is -0.350 e. The highest BCUT2D eigenvalue weighted by Crippen LogP contribution is 2.02. The zero-order valence-electron chi connectivity index (χ0n) is 9.63. The summed E-state index contributed by atoms with van der Waals surface area (Å²) in [6.45, 7) is 2.41. The number of alkyl halides is 1. The van der Waals surface area contributed by atoms with E-state index in [1.165, 1.54) is 5.56 Å². The van der Waals surface area contributed by atoms with E-state index in [0.29, 0.717) is 6.54 Å². The van der Waals surface area contributed by atoms with E-state index >= 15 is 0 Å². The molecule has 0 saturated heterocycles. The topological polar surface area (TPSA) is 58.2 Å². The average Bonchev–Trinajstić information content (AvgIpc) is 2.35. The second kappa shape index (κ2) is 6.91. The fraction of sp³-hybridized carbons (Fsp3) is 0.333. The van der Waals surface area contributed by atoms with Gasteiger partial charge in [0.1, 0.15) is 5.88 Å². The fourth-order valence-corrected chi connectivity index (χ4v) is 1.29. The van der Waals surface area contributed by atoms with Crippen molar-refractivity contribution in [2.75, 3.05) is 12.4 Å². The Morgan fingerprint density at radius 2 is 1.76 bits per heavy atom. The lowest BCUT2D eigenvalue weighted by atomic mass is 10.1. The Bertz CT molecular complexity index is 390. The number of aryl methyl sites for hydroxylation is 1. The first-order chi connectivity index (χ1) is 8.11. The molecule has 0 fully saturated rings. The van der Waals surface area contributed by atoms with Gasteiger partial charge in [0.25, 0.3) is 0 Å². The predicted octanol–water partition coefficient (Wildman–Crippen LogP) is 0.966. The van der Waals surface area contributed by atoms with Crippen molar-refractivity contribution in [3.05, 3.63) is 35.4 Å². The number of nitrogens with one attached hydrogen (secondary N) is 2. The number of hydrogen-bond acceptors (Lipinski definition) is 2. The third-order valence-corrected chi connectivity index (χ3v) is 2.42. The zero-order chi connectivity index (χ0) is 12.7. The summed E-state index contributed by atoms with van der Waals surface area (Å²) in [5.74, 6) is -0.716. The number of benzene rings is 1. The van der Waals surface area contributed by atoms with E-state index in [1.54, 1.807) is 0 Å². The van der Waals surface area contributed by atoms with Gasteiger partial charge in [-0.3, -0.25) is 9.59 Å². The molecule has 2 N–H and O–H groups in total. The fourth-order valence-electron chi connectivity index (χ4n) is 1.20. The van der Waals surface area contributed by atoms with Gasteiger partial charge in [0, 0.05) is 6.54 Å². The Balaban J connectivity index is 2.28. The summed E-state index contributed by atoms with van der Waals surface area (Å²) in [5.41, 5.74) is 2.20. The van der Waals surface area contributed by atoms with Crippen molar-refractivity contribution in [1.29, 1.82) is 0 Å². The van der Waals surface area contributed by atoms with E-state index in [0.717, 1.165) is 5.56 Å². The van der Waals surface area contributed by atoms with Crippen molar-refractivity contribution in [2.45, 2.75) is 13.5 Å². The molecule has 0 aliphatic heterocycles. The molecule has 0 radical (unpaired) electrons. The van der Waals surface area contributed by atoms with E-state index < -0.39 is 0 Å². The minimum absolute atomic E-state index is 0.0442. The molecule has 0 bridgehead atoms. The maximum absolute atomic E-state index is 11.3. The van der Waals surface area contributed by atoms with Crippen LogP contribution in [0.15, 0.2) is 24.3 Å². The summed E-state index contributed by atoms with van der Waals surface area (Å²) in [7, 11) is 0. The maximum atomic E-state index is 11.3. The molecule has 0 aliphatic rings. The highest BCUT2D eigenvalue weighted by molar-refractivity contribution is 6.27. The smallest absolute Gasteiger partial charge is 0.239 e. The number of carbonyl (C=O) groups is 2. The molecule has 2 amide bonds. The lowest BCUT2D eigenvalue weighted by molar-refractivity contribution is -0.124. The summed E-state index contributed by atoms with van der Waals surface area (Å²) < 4.78 is 0. The summed E-state index contributed by atoms with van der Waals surface area (Å²) in [6, 6.07) is 7.87. The van der Waals surface area contributed by atoms with Crippen LogP contribution in [0.4, 0.5) is 0 Å². The molecule has 5 heteroatoms. The molecule has 0 atom stereocenters. The molecular weight excluding hydrogens is 240 g/mol. The van der Waals surface area contributed by atoms with Gasteiger partial charge in [0.05, 0.1) is 6.54 Å². The van der Waals surface area contributed by atoms with Crippen molar-refractivity contribution in [1.82, 2.24) is 10.6 Å². The van der Waals surface area contributed by atoms with Crippen LogP contribution in [0.3, 0.4) is 0 Å². The quantitative estimate of drug-likeness (QED) is 0.770. The zero-order valence-corrected chi connectivity index (χ0v) is 10.4. The minimum atomic E-state index is -0.350. The normalized spacial score (nSPS) is 9.76. The van der Waals surface area contributed by atoms with Crippen LogP contribution < -0.4 is 10.6 Å². The van der Waals surface area contributed by atoms with Crippen molar-refractivity contribution >= 4 is 23.4 Å². The third-order valence-electron chi connectivity index (χ3n) is 2.18. The molecule has 1 aromatic rings. The Labute approximate surface area is 105 Å². The second-order valence-corrected chi connectivity index (χ2v) is 3.94. The van der Waals surface area contributed by atoms with Gasteiger partial charge < -0.3 is 10.6 Å². The van der Waals surface area contributed by atoms with Crippen LogP contribution in [0.2, 0.25) is 0 Å². The van der Waals surface area contributed by atoms with Crippen LogP contribution in [0.1, 0.15) is 11.1 Å². The molecule has 0 spiro atoms. The number of amides is 2. The van der Waals surface area contributed by atoms with Gasteiger partial charge in [-0.1, -0.05) is 29.8 Å². The van der Waals surface area contributed by atoms with Gasteiger partial charge in [-0.2, -0.15) is 0 Å². The first kappa shape index (κ1) is 13.5. The lowest BCUT2D eigenvalue weighted by Gasteiger charge is -2.06. The van der Waals surface area contributed by atoms with Gasteiger partial charge in [-0.05, 0) is 12.5 Å².